The minimum Gasteiger partial charge on any atom is -0.381 e. The second-order valence-electron chi connectivity index (χ2n) is 5.33. The zero-order chi connectivity index (χ0) is 13.7. The second kappa shape index (κ2) is 7.39. The zero-order valence-electron chi connectivity index (χ0n) is 11.9. The van der Waals surface area contributed by atoms with Crippen LogP contribution in [0.15, 0.2) is 16.8 Å². The summed E-state index contributed by atoms with van der Waals surface area (Å²) in [5.74, 6) is 0. The van der Waals surface area contributed by atoms with E-state index in [1.54, 1.807) is 18.4 Å². The lowest BCUT2D eigenvalue weighted by molar-refractivity contribution is -0.0744. The molecule has 1 fully saturated rings. The molecule has 0 spiro atoms. The van der Waals surface area contributed by atoms with Gasteiger partial charge in [0.15, 0.2) is 0 Å². The first-order chi connectivity index (χ1) is 9.24. The molecule has 1 aromatic rings. The molecule has 0 aromatic carbocycles. The van der Waals surface area contributed by atoms with Crippen molar-refractivity contribution in [3.05, 3.63) is 22.4 Å². The van der Waals surface area contributed by atoms with E-state index in [1.165, 1.54) is 12.0 Å². The van der Waals surface area contributed by atoms with Gasteiger partial charge in [0, 0.05) is 13.2 Å². The number of ether oxygens (including phenoxy) is 2. The van der Waals surface area contributed by atoms with E-state index in [2.05, 4.69) is 23.8 Å². The highest BCUT2D eigenvalue weighted by atomic mass is 32.1. The van der Waals surface area contributed by atoms with Gasteiger partial charge in [-0.05, 0) is 54.5 Å². The van der Waals surface area contributed by atoms with Gasteiger partial charge in [0.1, 0.15) is 0 Å². The second-order valence-corrected chi connectivity index (χ2v) is 6.11. The van der Waals surface area contributed by atoms with Crippen LogP contribution >= 0.6 is 11.3 Å². The Labute approximate surface area is 120 Å². The lowest BCUT2D eigenvalue weighted by atomic mass is 9.94. The highest BCUT2D eigenvalue weighted by Crippen LogP contribution is 2.31. The van der Waals surface area contributed by atoms with Gasteiger partial charge in [0.2, 0.25) is 0 Å². The summed E-state index contributed by atoms with van der Waals surface area (Å²) in [6, 6.07) is 2.19. The molecule has 1 aliphatic rings. The fourth-order valence-corrected chi connectivity index (χ4v) is 3.41. The Balaban J connectivity index is 2.00. The van der Waals surface area contributed by atoms with E-state index in [0.29, 0.717) is 6.10 Å². The van der Waals surface area contributed by atoms with Gasteiger partial charge in [-0.3, -0.25) is 0 Å². The summed E-state index contributed by atoms with van der Waals surface area (Å²) in [7, 11) is 1.79. The van der Waals surface area contributed by atoms with Crippen molar-refractivity contribution in [1.82, 2.24) is 0 Å². The Hall–Kier alpha value is -0.420. The van der Waals surface area contributed by atoms with E-state index >= 15 is 0 Å². The molecule has 2 N–H and O–H groups in total. The summed E-state index contributed by atoms with van der Waals surface area (Å²) in [6.07, 6.45) is 6.03. The van der Waals surface area contributed by atoms with Gasteiger partial charge in [-0.15, -0.1) is 0 Å². The van der Waals surface area contributed by atoms with E-state index in [4.69, 9.17) is 15.2 Å². The quantitative estimate of drug-likeness (QED) is 0.869. The largest absolute Gasteiger partial charge is 0.381 e. The lowest BCUT2D eigenvalue weighted by Crippen LogP contribution is -2.35. The fourth-order valence-electron chi connectivity index (χ4n) is 2.72. The average molecular weight is 283 g/mol. The van der Waals surface area contributed by atoms with E-state index in [-0.39, 0.29) is 18.2 Å². The van der Waals surface area contributed by atoms with Crippen LogP contribution in [0.3, 0.4) is 0 Å². The molecule has 0 bridgehead atoms. The summed E-state index contributed by atoms with van der Waals surface area (Å²) in [5, 5.41) is 4.24. The number of hydrogen-bond acceptors (Lipinski definition) is 4. The first kappa shape index (κ1) is 15.0. The van der Waals surface area contributed by atoms with Crippen molar-refractivity contribution in [1.29, 1.82) is 0 Å². The van der Waals surface area contributed by atoms with Crippen LogP contribution in [0.2, 0.25) is 0 Å². The van der Waals surface area contributed by atoms with E-state index in [9.17, 15) is 0 Å². The molecule has 1 aliphatic carbocycles. The molecule has 2 rings (SSSR count). The Bertz CT molecular complexity index is 355. The molecule has 0 amide bonds. The zero-order valence-corrected chi connectivity index (χ0v) is 12.7. The van der Waals surface area contributed by atoms with Crippen molar-refractivity contribution in [3.63, 3.8) is 0 Å². The Kier molecular flexibility index (Phi) is 5.82. The molecule has 1 saturated carbocycles. The Morgan fingerprint density at radius 3 is 2.84 bits per heavy atom. The summed E-state index contributed by atoms with van der Waals surface area (Å²) in [4.78, 5) is 0. The van der Waals surface area contributed by atoms with Gasteiger partial charge in [-0.2, -0.15) is 11.3 Å². The molecular weight excluding hydrogens is 258 g/mol. The van der Waals surface area contributed by atoms with Crippen LogP contribution in [-0.2, 0) is 9.47 Å². The third-order valence-electron chi connectivity index (χ3n) is 3.98. The van der Waals surface area contributed by atoms with Crippen molar-refractivity contribution in [2.75, 3.05) is 7.11 Å². The number of thiophene rings is 1. The molecule has 108 valence electrons. The smallest absolute Gasteiger partial charge is 0.0987 e. The van der Waals surface area contributed by atoms with Gasteiger partial charge >= 0.3 is 0 Å². The van der Waals surface area contributed by atoms with Crippen molar-refractivity contribution >= 4 is 11.3 Å². The number of hydrogen-bond donors (Lipinski definition) is 1. The summed E-state index contributed by atoms with van der Waals surface area (Å²) < 4.78 is 11.8. The monoisotopic (exact) mass is 283 g/mol. The maximum Gasteiger partial charge on any atom is 0.0987 e. The Morgan fingerprint density at radius 2 is 2.21 bits per heavy atom. The van der Waals surface area contributed by atoms with Crippen LogP contribution < -0.4 is 5.73 Å². The summed E-state index contributed by atoms with van der Waals surface area (Å²) >= 11 is 1.70. The molecule has 4 atom stereocenters. The maximum absolute atomic E-state index is 6.32. The molecule has 4 heteroatoms. The molecule has 1 aromatic heterocycles. The minimum atomic E-state index is 0.0249. The first-order valence-electron chi connectivity index (χ1n) is 7.20. The van der Waals surface area contributed by atoms with Crippen molar-refractivity contribution in [3.8, 4) is 0 Å². The maximum atomic E-state index is 6.32. The molecule has 19 heavy (non-hydrogen) atoms. The molecule has 4 unspecified atom stereocenters. The van der Waals surface area contributed by atoms with E-state index in [0.717, 1.165) is 25.7 Å². The highest BCUT2D eigenvalue weighted by Gasteiger charge is 2.28. The summed E-state index contributed by atoms with van der Waals surface area (Å²) in [6.45, 7) is 2.12. The van der Waals surface area contributed by atoms with Crippen LogP contribution in [0.1, 0.15) is 50.7 Å². The highest BCUT2D eigenvalue weighted by molar-refractivity contribution is 7.07. The molecule has 0 aliphatic heterocycles. The molecule has 3 nitrogen and oxygen atoms in total. The third-order valence-corrected chi connectivity index (χ3v) is 4.68. The summed E-state index contributed by atoms with van der Waals surface area (Å²) in [5.41, 5.74) is 7.46. The van der Waals surface area contributed by atoms with Crippen molar-refractivity contribution in [2.45, 2.75) is 63.4 Å². The van der Waals surface area contributed by atoms with Gasteiger partial charge in [-0.25, -0.2) is 0 Å². The number of nitrogens with two attached hydrogens (primary N) is 1. The minimum absolute atomic E-state index is 0.0249. The van der Waals surface area contributed by atoms with Gasteiger partial charge in [0.05, 0.1) is 18.3 Å². The van der Waals surface area contributed by atoms with Crippen LogP contribution in [-0.4, -0.2) is 25.4 Å². The molecule has 1 heterocycles. The van der Waals surface area contributed by atoms with Crippen LogP contribution in [0.25, 0.3) is 0 Å². The Morgan fingerprint density at radius 1 is 1.42 bits per heavy atom. The van der Waals surface area contributed by atoms with Crippen molar-refractivity contribution in [2.24, 2.45) is 5.73 Å². The van der Waals surface area contributed by atoms with E-state index in [1.807, 2.05) is 0 Å². The number of methoxy groups -OCH3 is 1. The predicted octanol–water partition coefficient (Wildman–Crippen LogP) is 3.50. The van der Waals surface area contributed by atoms with Gasteiger partial charge in [-0.1, -0.05) is 6.92 Å². The van der Waals surface area contributed by atoms with Crippen molar-refractivity contribution < 1.29 is 9.47 Å². The molecular formula is C15H25NO2S. The predicted molar refractivity (Wildman–Crippen MR) is 79.5 cm³/mol. The third kappa shape index (κ3) is 4.02. The van der Waals surface area contributed by atoms with Crippen LogP contribution in [0.5, 0.6) is 0 Å². The van der Waals surface area contributed by atoms with Gasteiger partial charge < -0.3 is 15.2 Å². The topological polar surface area (TPSA) is 44.5 Å². The van der Waals surface area contributed by atoms with Crippen LogP contribution in [0, 0.1) is 0 Å². The normalized spacial score (nSPS) is 27.1. The average Bonchev–Trinajstić information content (AvgIpc) is 2.98. The number of rotatable bonds is 6. The fraction of sp³-hybridized carbons (Fsp3) is 0.733. The first-order valence-corrected chi connectivity index (χ1v) is 8.14. The standard InChI is InChI=1S/C15H25NO2S/c1-3-14(16)15(11-7-8-19-10-11)18-13-6-4-5-12(9-13)17-2/h7-8,10,12-15H,3-6,9,16H2,1-2H3. The van der Waals surface area contributed by atoms with E-state index < -0.39 is 0 Å². The lowest BCUT2D eigenvalue weighted by Gasteiger charge is -2.33. The molecule has 0 radical (unpaired) electrons. The molecule has 0 saturated heterocycles. The van der Waals surface area contributed by atoms with Gasteiger partial charge in [0.25, 0.3) is 0 Å². The van der Waals surface area contributed by atoms with Crippen LogP contribution in [0.4, 0.5) is 0 Å². The SMILES string of the molecule is CCC(N)C(OC1CCCC(OC)C1)c1ccsc1.